The lowest BCUT2D eigenvalue weighted by atomic mass is 9.98. The van der Waals surface area contributed by atoms with Crippen LogP contribution in [-0.4, -0.2) is 43.7 Å². The van der Waals surface area contributed by atoms with Crippen LogP contribution in [0.25, 0.3) is 16.2 Å². The number of hydrogen-bond donors (Lipinski definition) is 1. The number of fused-ring (bicyclic) bond motifs is 1. The molecule has 1 aliphatic heterocycles. The van der Waals surface area contributed by atoms with E-state index in [0.29, 0.717) is 41.7 Å². The molecule has 0 aliphatic carbocycles. The van der Waals surface area contributed by atoms with Crippen molar-refractivity contribution in [3.05, 3.63) is 40.9 Å². The van der Waals surface area contributed by atoms with E-state index in [-0.39, 0.29) is 11.5 Å². The number of pyridine rings is 1. The molecule has 1 fully saturated rings. The largest absolute Gasteiger partial charge is 0.481 e. The highest BCUT2D eigenvalue weighted by Gasteiger charge is 2.26. The quantitative estimate of drug-likeness (QED) is 0.758. The van der Waals surface area contributed by atoms with Crippen LogP contribution in [0, 0.1) is 5.92 Å². The molecule has 0 unspecified atom stereocenters. The van der Waals surface area contributed by atoms with E-state index in [1.165, 1.54) is 21.9 Å². The van der Waals surface area contributed by atoms with Gasteiger partial charge in [0.15, 0.2) is 0 Å². The van der Waals surface area contributed by atoms with Crippen molar-refractivity contribution >= 4 is 27.4 Å². The topological polar surface area (TPSA) is 101 Å². The predicted molar refractivity (Wildman–Crippen MR) is 92.9 cm³/mol. The molecule has 1 aliphatic rings. The Balaban J connectivity index is 1.66. The first-order chi connectivity index (χ1) is 12.1. The maximum absolute atomic E-state index is 12.4. The summed E-state index contributed by atoms with van der Waals surface area (Å²) in [6, 6.07) is 5.09. The van der Waals surface area contributed by atoms with Crippen molar-refractivity contribution in [2.45, 2.75) is 12.8 Å². The van der Waals surface area contributed by atoms with E-state index in [9.17, 15) is 9.59 Å². The lowest BCUT2D eigenvalue weighted by molar-refractivity contribution is -0.142. The molecular formula is C16H15N5O3S. The highest BCUT2D eigenvalue weighted by atomic mass is 32.1. The van der Waals surface area contributed by atoms with Crippen molar-refractivity contribution in [1.29, 1.82) is 0 Å². The Morgan fingerprint density at radius 3 is 2.80 bits per heavy atom. The van der Waals surface area contributed by atoms with Gasteiger partial charge in [-0.15, -0.1) is 5.10 Å². The van der Waals surface area contributed by atoms with Gasteiger partial charge in [-0.25, -0.2) is 4.98 Å². The minimum atomic E-state index is -0.747. The molecule has 4 rings (SSSR count). The molecule has 1 saturated heterocycles. The zero-order chi connectivity index (χ0) is 17.4. The summed E-state index contributed by atoms with van der Waals surface area (Å²) in [5.74, 6) is -1.05. The number of carboxylic acid groups (broad SMARTS) is 1. The first kappa shape index (κ1) is 15.7. The van der Waals surface area contributed by atoms with Crippen molar-refractivity contribution in [3.63, 3.8) is 0 Å². The van der Waals surface area contributed by atoms with Gasteiger partial charge >= 0.3 is 5.97 Å². The van der Waals surface area contributed by atoms with Gasteiger partial charge in [0.2, 0.25) is 10.1 Å². The number of piperidine rings is 1. The SMILES string of the molecule is O=C(O)C1CCN(c2nn3c(=O)cc(-c4cccnc4)nc3s2)CC1. The lowest BCUT2D eigenvalue weighted by Gasteiger charge is -2.29. The fraction of sp³-hybridized carbons (Fsp3) is 0.312. The number of rotatable bonds is 3. The van der Waals surface area contributed by atoms with Crippen LogP contribution >= 0.6 is 11.3 Å². The van der Waals surface area contributed by atoms with Crippen LogP contribution in [0.1, 0.15) is 12.8 Å². The predicted octanol–water partition coefficient (Wildman–Crippen LogP) is 1.51. The fourth-order valence-corrected chi connectivity index (χ4v) is 3.87. The van der Waals surface area contributed by atoms with E-state index in [4.69, 9.17) is 5.11 Å². The smallest absolute Gasteiger partial charge is 0.306 e. The molecule has 3 aromatic heterocycles. The molecule has 1 N–H and O–H groups in total. The minimum absolute atomic E-state index is 0.244. The molecule has 0 saturated carbocycles. The van der Waals surface area contributed by atoms with Crippen molar-refractivity contribution in [2.75, 3.05) is 18.0 Å². The summed E-state index contributed by atoms with van der Waals surface area (Å²) in [6.07, 6.45) is 4.49. The van der Waals surface area contributed by atoms with Gasteiger partial charge in [0.1, 0.15) is 0 Å². The second kappa shape index (κ2) is 6.25. The third-order valence-corrected chi connectivity index (χ3v) is 5.28. The number of carbonyl (C=O) groups is 1. The van der Waals surface area contributed by atoms with Crippen LogP contribution in [-0.2, 0) is 4.79 Å². The Morgan fingerprint density at radius 1 is 1.32 bits per heavy atom. The van der Waals surface area contributed by atoms with E-state index in [1.807, 2.05) is 11.0 Å². The standard InChI is InChI=1S/C16H15N5O3S/c22-13-8-12(11-2-1-5-17-9-11)18-15-21(13)19-16(25-15)20-6-3-10(4-7-20)14(23)24/h1-2,5,8-10H,3-4,6-7H2,(H,23,24). The third kappa shape index (κ3) is 2.98. The van der Waals surface area contributed by atoms with Gasteiger partial charge in [-0.1, -0.05) is 11.3 Å². The lowest BCUT2D eigenvalue weighted by Crippen LogP contribution is -2.36. The van der Waals surface area contributed by atoms with E-state index in [2.05, 4.69) is 15.1 Å². The maximum Gasteiger partial charge on any atom is 0.306 e. The van der Waals surface area contributed by atoms with Crippen LogP contribution in [0.2, 0.25) is 0 Å². The number of nitrogens with zero attached hydrogens (tertiary/aromatic N) is 5. The highest BCUT2D eigenvalue weighted by molar-refractivity contribution is 7.20. The average molecular weight is 357 g/mol. The zero-order valence-corrected chi connectivity index (χ0v) is 14.0. The Labute approximate surface area is 146 Å². The number of carboxylic acids is 1. The van der Waals surface area contributed by atoms with Crippen molar-refractivity contribution < 1.29 is 9.90 Å². The third-order valence-electron chi connectivity index (χ3n) is 4.31. The maximum atomic E-state index is 12.4. The van der Waals surface area contributed by atoms with Crippen LogP contribution in [0.5, 0.6) is 0 Å². The van der Waals surface area contributed by atoms with Gasteiger partial charge in [0.05, 0.1) is 11.6 Å². The fourth-order valence-electron chi connectivity index (χ4n) is 2.91. The van der Waals surface area contributed by atoms with Crippen molar-refractivity contribution in [1.82, 2.24) is 19.6 Å². The highest BCUT2D eigenvalue weighted by Crippen LogP contribution is 2.27. The number of aromatic nitrogens is 4. The molecule has 0 spiro atoms. The summed E-state index contributed by atoms with van der Waals surface area (Å²) < 4.78 is 1.29. The Bertz CT molecular complexity index is 976. The van der Waals surface area contributed by atoms with Gasteiger partial charge in [0.25, 0.3) is 5.56 Å². The normalized spacial score (nSPS) is 15.6. The van der Waals surface area contributed by atoms with Crippen LogP contribution in [0.15, 0.2) is 35.4 Å². The molecule has 0 amide bonds. The summed E-state index contributed by atoms with van der Waals surface area (Å²) in [5.41, 5.74) is 1.10. The van der Waals surface area contributed by atoms with E-state index in [1.54, 1.807) is 18.5 Å². The molecule has 9 heteroatoms. The summed E-state index contributed by atoms with van der Waals surface area (Å²) in [4.78, 5) is 34.5. The van der Waals surface area contributed by atoms with Crippen LogP contribution in [0.4, 0.5) is 5.13 Å². The van der Waals surface area contributed by atoms with Crippen LogP contribution < -0.4 is 10.5 Å². The van der Waals surface area contributed by atoms with E-state index < -0.39 is 5.97 Å². The van der Waals surface area contributed by atoms with Gasteiger partial charge < -0.3 is 10.0 Å². The molecule has 0 bridgehead atoms. The monoisotopic (exact) mass is 357 g/mol. The molecule has 8 nitrogen and oxygen atoms in total. The summed E-state index contributed by atoms with van der Waals surface area (Å²) in [6.45, 7) is 1.22. The molecule has 25 heavy (non-hydrogen) atoms. The van der Waals surface area contributed by atoms with Crippen molar-refractivity contribution in [2.24, 2.45) is 5.92 Å². The van der Waals surface area contributed by atoms with Gasteiger partial charge in [0, 0.05) is 37.1 Å². The second-order valence-electron chi connectivity index (χ2n) is 5.90. The minimum Gasteiger partial charge on any atom is -0.481 e. The molecular weight excluding hydrogens is 342 g/mol. The summed E-state index contributed by atoms with van der Waals surface area (Å²) >= 11 is 1.34. The van der Waals surface area contributed by atoms with Crippen LogP contribution in [0.3, 0.4) is 0 Å². The molecule has 3 aromatic rings. The molecule has 0 aromatic carbocycles. The first-order valence-electron chi connectivity index (χ1n) is 7.91. The van der Waals surface area contributed by atoms with Crippen molar-refractivity contribution in [3.8, 4) is 11.3 Å². The number of hydrogen-bond acceptors (Lipinski definition) is 7. The zero-order valence-electron chi connectivity index (χ0n) is 13.2. The van der Waals surface area contributed by atoms with E-state index in [0.717, 1.165) is 5.56 Å². The molecule has 0 atom stereocenters. The molecule has 0 radical (unpaired) electrons. The van der Waals surface area contributed by atoms with E-state index >= 15 is 0 Å². The van der Waals surface area contributed by atoms with Gasteiger partial charge in [-0.3, -0.25) is 14.6 Å². The molecule has 4 heterocycles. The number of anilines is 1. The Morgan fingerprint density at radius 2 is 2.12 bits per heavy atom. The Kier molecular flexibility index (Phi) is 3.92. The van der Waals surface area contributed by atoms with Gasteiger partial charge in [-0.2, -0.15) is 4.52 Å². The molecule has 128 valence electrons. The van der Waals surface area contributed by atoms with Gasteiger partial charge in [-0.05, 0) is 25.0 Å². The summed E-state index contributed by atoms with van der Waals surface area (Å²) in [7, 11) is 0. The summed E-state index contributed by atoms with van der Waals surface area (Å²) in [5, 5.41) is 14.1. The second-order valence-corrected chi connectivity index (χ2v) is 6.83. The average Bonchev–Trinajstić information content (AvgIpc) is 3.07. The number of aliphatic carboxylic acids is 1. The Hall–Kier alpha value is -2.81. The first-order valence-corrected chi connectivity index (χ1v) is 8.72.